The number of amides is 1. The molecule has 4 rings (SSSR count). The molecule has 0 bridgehead atoms. The Kier molecular flexibility index (Phi) is 4.99. The highest BCUT2D eigenvalue weighted by atomic mass is 16.7. The fraction of sp³-hybridized carbons (Fsp3) is 0.348. The minimum atomic E-state index is -0.243. The molecule has 2 aliphatic rings. The van der Waals surface area contributed by atoms with Crippen molar-refractivity contribution in [1.82, 2.24) is 5.32 Å². The summed E-state index contributed by atoms with van der Waals surface area (Å²) < 4.78 is 17.0. The highest BCUT2D eigenvalue weighted by molar-refractivity contribution is 5.92. The lowest BCUT2D eigenvalue weighted by Gasteiger charge is -2.41. The van der Waals surface area contributed by atoms with Crippen LogP contribution in [0, 0.1) is 0 Å². The van der Waals surface area contributed by atoms with Crippen molar-refractivity contribution in [1.29, 1.82) is 0 Å². The number of para-hydroxylation sites is 1. The molecule has 5 nitrogen and oxygen atoms in total. The van der Waals surface area contributed by atoms with E-state index in [2.05, 4.69) is 19.2 Å². The van der Waals surface area contributed by atoms with Gasteiger partial charge in [-0.1, -0.05) is 38.1 Å². The molecule has 1 amide bonds. The number of ether oxygens (including phenoxy) is 3. The van der Waals surface area contributed by atoms with Crippen LogP contribution in [0.15, 0.2) is 48.5 Å². The van der Waals surface area contributed by atoms with Crippen molar-refractivity contribution in [3.8, 4) is 17.2 Å². The average Bonchev–Trinajstić information content (AvgIpc) is 3.20. The standard InChI is InChI=1S/C23H25NO4/c1-3-23(4-2)14-18(17-7-5-6-8-19(17)28-23)24-22(25)12-10-16-9-11-20-21(13-16)27-15-26-20/h5-13,18H,3-4,14-15H2,1-2H3,(H,24,25)/b12-10+/t18-/m1/s1. The van der Waals surface area contributed by atoms with Crippen LogP contribution in [0.2, 0.25) is 0 Å². The van der Waals surface area contributed by atoms with Crippen molar-refractivity contribution in [3.63, 3.8) is 0 Å². The van der Waals surface area contributed by atoms with Gasteiger partial charge in [-0.25, -0.2) is 0 Å². The number of nitrogens with one attached hydrogen (secondary N) is 1. The minimum absolute atomic E-state index is 0.0706. The van der Waals surface area contributed by atoms with Gasteiger partial charge in [0.1, 0.15) is 11.4 Å². The SMILES string of the molecule is CCC1(CC)C[C@@H](NC(=O)/C=C/c2ccc3c(c2)OCO3)c2ccccc2O1. The normalized spacial score (nSPS) is 19.1. The van der Waals surface area contributed by atoms with Crippen LogP contribution in [-0.2, 0) is 4.79 Å². The summed E-state index contributed by atoms with van der Waals surface area (Å²) in [6, 6.07) is 13.5. The number of benzene rings is 2. The minimum Gasteiger partial charge on any atom is -0.487 e. The Hall–Kier alpha value is -2.95. The van der Waals surface area contributed by atoms with Gasteiger partial charge in [0.15, 0.2) is 11.5 Å². The van der Waals surface area contributed by atoms with E-state index < -0.39 is 0 Å². The summed E-state index contributed by atoms with van der Waals surface area (Å²) in [4.78, 5) is 12.6. The summed E-state index contributed by atoms with van der Waals surface area (Å²) in [7, 11) is 0. The van der Waals surface area contributed by atoms with Gasteiger partial charge in [0.2, 0.25) is 12.7 Å². The molecule has 0 aromatic heterocycles. The molecule has 146 valence electrons. The Morgan fingerprint density at radius 2 is 1.89 bits per heavy atom. The lowest BCUT2D eigenvalue weighted by atomic mass is 9.83. The fourth-order valence-corrected chi connectivity index (χ4v) is 3.84. The van der Waals surface area contributed by atoms with E-state index in [9.17, 15) is 4.79 Å². The van der Waals surface area contributed by atoms with Gasteiger partial charge in [0, 0.05) is 18.1 Å². The highest BCUT2D eigenvalue weighted by Crippen LogP contribution is 2.42. The molecule has 2 heterocycles. The van der Waals surface area contributed by atoms with Gasteiger partial charge in [0.05, 0.1) is 6.04 Å². The van der Waals surface area contributed by atoms with E-state index in [0.717, 1.165) is 41.9 Å². The first kappa shape index (κ1) is 18.4. The Balaban J connectivity index is 1.50. The van der Waals surface area contributed by atoms with Crippen LogP contribution in [0.5, 0.6) is 17.2 Å². The van der Waals surface area contributed by atoms with Crippen molar-refractivity contribution in [2.24, 2.45) is 0 Å². The summed E-state index contributed by atoms with van der Waals surface area (Å²) in [5.41, 5.74) is 1.68. The smallest absolute Gasteiger partial charge is 0.244 e. The van der Waals surface area contributed by atoms with Crippen molar-refractivity contribution in [2.45, 2.75) is 44.8 Å². The molecular formula is C23H25NO4. The van der Waals surface area contributed by atoms with Gasteiger partial charge >= 0.3 is 0 Å². The topological polar surface area (TPSA) is 56.8 Å². The molecule has 0 aliphatic carbocycles. The molecule has 1 N–H and O–H groups in total. The first-order chi connectivity index (χ1) is 13.6. The molecule has 0 unspecified atom stereocenters. The first-order valence-electron chi connectivity index (χ1n) is 9.78. The summed E-state index contributed by atoms with van der Waals surface area (Å²) in [5, 5.41) is 3.16. The van der Waals surface area contributed by atoms with Crippen LogP contribution in [0.4, 0.5) is 0 Å². The molecule has 0 saturated heterocycles. The highest BCUT2D eigenvalue weighted by Gasteiger charge is 2.38. The van der Waals surface area contributed by atoms with E-state index in [-0.39, 0.29) is 24.3 Å². The Labute approximate surface area is 165 Å². The quantitative estimate of drug-likeness (QED) is 0.770. The zero-order valence-corrected chi connectivity index (χ0v) is 16.2. The van der Waals surface area contributed by atoms with Crippen LogP contribution in [0.25, 0.3) is 6.08 Å². The van der Waals surface area contributed by atoms with Crippen LogP contribution in [0.1, 0.15) is 50.3 Å². The molecule has 0 spiro atoms. The van der Waals surface area contributed by atoms with Gasteiger partial charge < -0.3 is 19.5 Å². The number of carbonyl (C=O) groups is 1. The predicted molar refractivity (Wildman–Crippen MR) is 107 cm³/mol. The van der Waals surface area contributed by atoms with Gasteiger partial charge in [-0.15, -0.1) is 0 Å². The summed E-state index contributed by atoms with van der Waals surface area (Å²) in [6.07, 6.45) is 5.92. The van der Waals surface area contributed by atoms with Crippen molar-refractivity contribution in [2.75, 3.05) is 6.79 Å². The molecular weight excluding hydrogens is 354 g/mol. The number of fused-ring (bicyclic) bond motifs is 2. The zero-order valence-electron chi connectivity index (χ0n) is 16.2. The maximum atomic E-state index is 12.6. The van der Waals surface area contributed by atoms with Gasteiger partial charge in [-0.2, -0.15) is 0 Å². The van der Waals surface area contributed by atoms with E-state index in [1.165, 1.54) is 0 Å². The second kappa shape index (κ2) is 7.58. The first-order valence-corrected chi connectivity index (χ1v) is 9.78. The Bertz CT molecular complexity index is 901. The van der Waals surface area contributed by atoms with E-state index in [1.807, 2.05) is 42.5 Å². The average molecular weight is 379 g/mol. The number of hydrogen-bond acceptors (Lipinski definition) is 4. The Morgan fingerprint density at radius 1 is 1.11 bits per heavy atom. The lowest BCUT2D eigenvalue weighted by Crippen LogP contribution is -2.44. The molecule has 2 aliphatic heterocycles. The van der Waals surface area contributed by atoms with Crippen molar-refractivity contribution >= 4 is 12.0 Å². The molecule has 0 radical (unpaired) electrons. The second-order valence-electron chi connectivity index (χ2n) is 7.24. The molecule has 2 aromatic rings. The maximum absolute atomic E-state index is 12.6. The fourth-order valence-electron chi connectivity index (χ4n) is 3.84. The number of hydrogen-bond donors (Lipinski definition) is 1. The third kappa shape index (κ3) is 3.57. The van der Waals surface area contributed by atoms with Crippen LogP contribution >= 0.6 is 0 Å². The largest absolute Gasteiger partial charge is 0.487 e. The van der Waals surface area contributed by atoms with Crippen LogP contribution in [0.3, 0.4) is 0 Å². The van der Waals surface area contributed by atoms with Crippen LogP contribution < -0.4 is 19.5 Å². The second-order valence-corrected chi connectivity index (χ2v) is 7.24. The Morgan fingerprint density at radius 3 is 2.71 bits per heavy atom. The zero-order chi connectivity index (χ0) is 19.6. The number of carbonyl (C=O) groups excluding carboxylic acids is 1. The third-order valence-electron chi connectivity index (χ3n) is 5.63. The summed E-state index contributed by atoms with van der Waals surface area (Å²) in [6.45, 7) is 4.51. The van der Waals surface area contributed by atoms with Crippen molar-refractivity contribution in [3.05, 3.63) is 59.7 Å². The molecule has 2 aromatic carbocycles. The van der Waals surface area contributed by atoms with Gasteiger partial charge in [-0.05, 0) is 42.7 Å². The maximum Gasteiger partial charge on any atom is 0.244 e. The van der Waals surface area contributed by atoms with E-state index >= 15 is 0 Å². The summed E-state index contributed by atoms with van der Waals surface area (Å²) >= 11 is 0. The monoisotopic (exact) mass is 379 g/mol. The van der Waals surface area contributed by atoms with E-state index in [1.54, 1.807) is 12.2 Å². The molecule has 0 fully saturated rings. The molecule has 5 heteroatoms. The van der Waals surface area contributed by atoms with Crippen molar-refractivity contribution < 1.29 is 19.0 Å². The summed E-state index contributed by atoms with van der Waals surface area (Å²) in [5.74, 6) is 2.18. The third-order valence-corrected chi connectivity index (χ3v) is 5.63. The van der Waals surface area contributed by atoms with Gasteiger partial charge in [0.25, 0.3) is 0 Å². The van der Waals surface area contributed by atoms with E-state index in [4.69, 9.17) is 14.2 Å². The van der Waals surface area contributed by atoms with E-state index in [0.29, 0.717) is 5.75 Å². The number of rotatable bonds is 5. The molecule has 1 atom stereocenters. The predicted octanol–water partition coefficient (Wildman–Crippen LogP) is 4.63. The van der Waals surface area contributed by atoms with Crippen LogP contribution in [-0.4, -0.2) is 18.3 Å². The lowest BCUT2D eigenvalue weighted by molar-refractivity contribution is -0.117. The molecule has 28 heavy (non-hydrogen) atoms. The van der Waals surface area contributed by atoms with Gasteiger partial charge in [-0.3, -0.25) is 4.79 Å². The molecule has 0 saturated carbocycles.